The van der Waals surface area contributed by atoms with Crippen molar-refractivity contribution in [1.82, 2.24) is 0 Å². The molecule has 0 radical (unpaired) electrons. The van der Waals surface area contributed by atoms with Crippen LogP contribution in [0.2, 0.25) is 0 Å². The van der Waals surface area contributed by atoms with Crippen LogP contribution in [-0.2, 0) is 4.79 Å². The molecule has 0 saturated heterocycles. The van der Waals surface area contributed by atoms with Gasteiger partial charge in [-0.3, -0.25) is 9.59 Å². The average molecular weight is 207 g/mol. The van der Waals surface area contributed by atoms with Gasteiger partial charge in [0.05, 0.1) is 12.8 Å². The zero-order valence-corrected chi connectivity index (χ0v) is 8.96. The summed E-state index contributed by atoms with van der Waals surface area (Å²) in [7, 11) is 1.53. The number of nitrogens with one attached hydrogen (secondary N) is 1. The SMILES string of the molecule is COc1ccc(C(C)=O)c(NC(C)=O)c1. The Hall–Kier alpha value is -1.84. The third-order valence-electron chi connectivity index (χ3n) is 1.92. The van der Waals surface area contributed by atoms with Gasteiger partial charge >= 0.3 is 0 Å². The van der Waals surface area contributed by atoms with E-state index in [9.17, 15) is 9.59 Å². The summed E-state index contributed by atoms with van der Waals surface area (Å²) in [6.45, 7) is 2.84. The van der Waals surface area contributed by atoms with Crippen molar-refractivity contribution in [3.8, 4) is 5.75 Å². The van der Waals surface area contributed by atoms with E-state index in [1.807, 2.05) is 0 Å². The summed E-state index contributed by atoms with van der Waals surface area (Å²) in [6, 6.07) is 4.94. The fourth-order valence-electron chi connectivity index (χ4n) is 1.25. The number of hydrogen-bond acceptors (Lipinski definition) is 3. The number of carbonyl (C=O) groups is 2. The van der Waals surface area contributed by atoms with Crippen LogP contribution in [-0.4, -0.2) is 18.8 Å². The molecule has 0 fully saturated rings. The van der Waals surface area contributed by atoms with Crippen molar-refractivity contribution in [2.45, 2.75) is 13.8 Å². The van der Waals surface area contributed by atoms with Crippen LogP contribution in [0.5, 0.6) is 5.75 Å². The monoisotopic (exact) mass is 207 g/mol. The predicted octanol–water partition coefficient (Wildman–Crippen LogP) is 1.86. The molecule has 1 aromatic rings. The first kappa shape index (κ1) is 11.2. The van der Waals surface area contributed by atoms with Crippen molar-refractivity contribution in [2.75, 3.05) is 12.4 Å². The summed E-state index contributed by atoms with van der Waals surface area (Å²) < 4.78 is 5.01. The minimum atomic E-state index is -0.217. The average Bonchev–Trinajstić information content (AvgIpc) is 2.16. The van der Waals surface area contributed by atoms with Gasteiger partial charge in [0.2, 0.25) is 5.91 Å². The lowest BCUT2D eigenvalue weighted by Gasteiger charge is -2.09. The molecule has 4 nitrogen and oxygen atoms in total. The standard InChI is InChI=1S/C11H13NO3/c1-7(13)10-5-4-9(15-3)6-11(10)12-8(2)14/h4-6H,1-3H3,(H,12,14). The Labute approximate surface area is 88.2 Å². The number of amides is 1. The number of Topliss-reactive ketones (excluding diaryl/α,β-unsaturated/α-hetero) is 1. The van der Waals surface area contributed by atoms with Crippen LogP contribution in [0.1, 0.15) is 24.2 Å². The van der Waals surface area contributed by atoms with Gasteiger partial charge in [0.1, 0.15) is 5.75 Å². The molecule has 1 N–H and O–H groups in total. The number of hydrogen-bond donors (Lipinski definition) is 1. The Balaban J connectivity index is 3.16. The Morgan fingerprint density at radius 3 is 2.40 bits per heavy atom. The van der Waals surface area contributed by atoms with Crippen LogP contribution in [0.25, 0.3) is 0 Å². The van der Waals surface area contributed by atoms with Gasteiger partial charge in [-0.2, -0.15) is 0 Å². The first-order valence-corrected chi connectivity index (χ1v) is 4.51. The Kier molecular flexibility index (Phi) is 3.44. The number of anilines is 1. The van der Waals surface area contributed by atoms with E-state index in [1.165, 1.54) is 21.0 Å². The number of rotatable bonds is 3. The van der Waals surface area contributed by atoms with Crippen molar-refractivity contribution in [2.24, 2.45) is 0 Å². The summed E-state index contributed by atoms with van der Waals surface area (Å²) in [5, 5.41) is 2.59. The van der Waals surface area contributed by atoms with Gasteiger partial charge in [-0.1, -0.05) is 0 Å². The Morgan fingerprint density at radius 1 is 1.27 bits per heavy atom. The van der Waals surface area contributed by atoms with Gasteiger partial charge in [-0.05, 0) is 19.1 Å². The summed E-state index contributed by atoms with van der Waals surface area (Å²) in [5.74, 6) is 0.288. The lowest BCUT2D eigenvalue weighted by atomic mass is 10.1. The lowest BCUT2D eigenvalue weighted by molar-refractivity contribution is -0.114. The van der Waals surface area contributed by atoms with Crippen molar-refractivity contribution in [3.63, 3.8) is 0 Å². The Morgan fingerprint density at radius 2 is 1.93 bits per heavy atom. The molecule has 0 unspecified atom stereocenters. The Bertz CT molecular complexity index is 399. The molecule has 0 atom stereocenters. The zero-order valence-electron chi connectivity index (χ0n) is 8.96. The molecular weight excluding hydrogens is 194 g/mol. The quantitative estimate of drug-likeness (QED) is 0.769. The molecule has 80 valence electrons. The third-order valence-corrected chi connectivity index (χ3v) is 1.92. The van der Waals surface area contributed by atoms with Crippen LogP contribution in [0, 0.1) is 0 Å². The van der Waals surface area contributed by atoms with Gasteiger partial charge in [-0.15, -0.1) is 0 Å². The molecule has 0 heterocycles. The van der Waals surface area contributed by atoms with Crippen LogP contribution < -0.4 is 10.1 Å². The van der Waals surface area contributed by atoms with E-state index in [0.29, 0.717) is 17.0 Å². The van der Waals surface area contributed by atoms with E-state index in [2.05, 4.69) is 5.32 Å². The van der Waals surface area contributed by atoms with Crippen molar-refractivity contribution in [1.29, 1.82) is 0 Å². The number of benzene rings is 1. The van der Waals surface area contributed by atoms with E-state index in [1.54, 1.807) is 18.2 Å². The fraction of sp³-hybridized carbons (Fsp3) is 0.273. The molecule has 0 bridgehead atoms. The highest BCUT2D eigenvalue weighted by Gasteiger charge is 2.09. The molecule has 0 aromatic heterocycles. The minimum absolute atomic E-state index is 0.0959. The van der Waals surface area contributed by atoms with Gasteiger partial charge in [0.15, 0.2) is 5.78 Å². The molecule has 1 amide bonds. The number of ether oxygens (including phenoxy) is 1. The molecule has 0 aliphatic heterocycles. The topological polar surface area (TPSA) is 55.4 Å². The third kappa shape index (κ3) is 2.80. The van der Waals surface area contributed by atoms with Gasteiger partial charge in [-0.25, -0.2) is 0 Å². The molecule has 1 aromatic carbocycles. The lowest BCUT2D eigenvalue weighted by Crippen LogP contribution is -2.10. The van der Waals surface area contributed by atoms with Crippen LogP contribution in [0.4, 0.5) is 5.69 Å². The zero-order chi connectivity index (χ0) is 11.4. The highest BCUT2D eigenvalue weighted by Crippen LogP contribution is 2.22. The molecule has 4 heteroatoms. The molecule has 0 saturated carbocycles. The number of ketones is 1. The molecular formula is C11H13NO3. The second kappa shape index (κ2) is 4.59. The summed E-state index contributed by atoms with van der Waals surface area (Å²) in [4.78, 5) is 22.2. The fourth-order valence-corrected chi connectivity index (χ4v) is 1.25. The first-order valence-electron chi connectivity index (χ1n) is 4.51. The maximum absolute atomic E-state index is 11.3. The van der Waals surface area contributed by atoms with Crippen molar-refractivity contribution >= 4 is 17.4 Å². The van der Waals surface area contributed by atoms with Crippen LogP contribution >= 0.6 is 0 Å². The first-order chi connectivity index (χ1) is 7.04. The van der Waals surface area contributed by atoms with E-state index < -0.39 is 0 Å². The highest BCUT2D eigenvalue weighted by molar-refractivity contribution is 6.03. The molecule has 15 heavy (non-hydrogen) atoms. The largest absolute Gasteiger partial charge is 0.497 e. The van der Waals surface area contributed by atoms with E-state index in [-0.39, 0.29) is 11.7 Å². The number of carbonyl (C=O) groups excluding carboxylic acids is 2. The number of methoxy groups -OCH3 is 1. The maximum Gasteiger partial charge on any atom is 0.221 e. The molecule has 0 spiro atoms. The second-order valence-corrected chi connectivity index (χ2v) is 3.15. The summed E-state index contributed by atoms with van der Waals surface area (Å²) in [5.41, 5.74) is 0.959. The van der Waals surface area contributed by atoms with Crippen LogP contribution in [0.15, 0.2) is 18.2 Å². The highest BCUT2D eigenvalue weighted by atomic mass is 16.5. The smallest absolute Gasteiger partial charge is 0.221 e. The van der Waals surface area contributed by atoms with Gasteiger partial charge in [0.25, 0.3) is 0 Å². The van der Waals surface area contributed by atoms with Crippen LogP contribution in [0.3, 0.4) is 0 Å². The van der Waals surface area contributed by atoms with Crippen molar-refractivity contribution in [3.05, 3.63) is 23.8 Å². The summed E-state index contributed by atoms with van der Waals surface area (Å²) >= 11 is 0. The van der Waals surface area contributed by atoms with Crippen molar-refractivity contribution < 1.29 is 14.3 Å². The second-order valence-electron chi connectivity index (χ2n) is 3.15. The van der Waals surface area contributed by atoms with E-state index in [0.717, 1.165) is 0 Å². The summed E-state index contributed by atoms with van der Waals surface area (Å²) in [6.07, 6.45) is 0. The van der Waals surface area contributed by atoms with E-state index in [4.69, 9.17) is 4.74 Å². The van der Waals surface area contributed by atoms with Gasteiger partial charge < -0.3 is 10.1 Å². The molecule has 1 rings (SSSR count). The molecule has 0 aliphatic rings. The maximum atomic E-state index is 11.3. The van der Waals surface area contributed by atoms with Gasteiger partial charge in [0, 0.05) is 18.6 Å². The van der Waals surface area contributed by atoms with E-state index >= 15 is 0 Å². The molecule has 0 aliphatic carbocycles. The normalized spacial score (nSPS) is 9.53. The predicted molar refractivity (Wildman–Crippen MR) is 57.3 cm³/mol. The minimum Gasteiger partial charge on any atom is -0.497 e.